The van der Waals surface area contributed by atoms with Crippen molar-refractivity contribution in [3.05, 3.63) is 173 Å². The van der Waals surface area contributed by atoms with Crippen LogP contribution in [0.15, 0.2) is 139 Å². The van der Waals surface area contributed by atoms with Crippen LogP contribution in [0.1, 0.15) is 57.3 Å². The number of benzene rings is 4. The van der Waals surface area contributed by atoms with Gasteiger partial charge in [0.15, 0.2) is 24.0 Å². The molecule has 9 rings (SSSR count). The second kappa shape index (κ2) is 13.6. The molecule has 4 nitrogen and oxygen atoms in total. The van der Waals surface area contributed by atoms with Gasteiger partial charge in [-0.15, -0.1) is 6.58 Å². The normalized spacial score (nSPS) is 14.9. The van der Waals surface area contributed by atoms with Crippen LogP contribution in [0.2, 0.25) is 0 Å². The highest BCUT2D eigenvalue weighted by Gasteiger charge is 2.38. The van der Waals surface area contributed by atoms with E-state index in [0.29, 0.717) is 5.71 Å². The lowest BCUT2D eigenvalue weighted by atomic mass is 9.80. The van der Waals surface area contributed by atoms with Crippen LogP contribution in [-0.2, 0) is 13.5 Å². The molecule has 2 unspecified atom stereocenters. The van der Waals surface area contributed by atoms with Gasteiger partial charge >= 0.3 is 0 Å². The maximum atomic E-state index is 6.95. The number of allylic oxidation sites excluding steroid dienone is 1. The topological polar surface area (TPSA) is 33.8 Å². The van der Waals surface area contributed by atoms with Crippen molar-refractivity contribution in [3.8, 4) is 44.9 Å². The third kappa shape index (κ3) is 5.88. The van der Waals surface area contributed by atoms with Crippen molar-refractivity contribution >= 4 is 22.1 Å². The van der Waals surface area contributed by atoms with Gasteiger partial charge < -0.3 is 4.42 Å². The summed E-state index contributed by atoms with van der Waals surface area (Å²) in [6.07, 6.45) is 8.52. The van der Waals surface area contributed by atoms with Gasteiger partial charge in [-0.05, 0) is 104 Å². The van der Waals surface area contributed by atoms with Gasteiger partial charge in [0.05, 0.1) is 22.7 Å². The van der Waals surface area contributed by atoms with Crippen LogP contribution in [0.25, 0.3) is 67.0 Å². The third-order valence-corrected chi connectivity index (χ3v) is 11.9. The van der Waals surface area contributed by atoms with Crippen molar-refractivity contribution in [2.75, 3.05) is 0 Å². The number of furan rings is 1. The molecule has 0 amide bonds. The smallest absolute Gasteiger partial charge is 0.227 e. The van der Waals surface area contributed by atoms with Crippen LogP contribution >= 0.6 is 0 Å². The molecule has 4 aromatic carbocycles. The molecule has 8 aromatic rings. The molecule has 0 fully saturated rings. The van der Waals surface area contributed by atoms with Crippen molar-refractivity contribution < 1.29 is 13.6 Å². The predicted molar refractivity (Wildman–Crippen MR) is 225 cm³/mol. The van der Waals surface area contributed by atoms with Crippen LogP contribution in [0.4, 0.5) is 0 Å². The van der Waals surface area contributed by atoms with E-state index in [-0.39, 0.29) is 12.0 Å². The summed E-state index contributed by atoms with van der Waals surface area (Å²) in [5.41, 5.74) is 19.7. The Bertz CT molecular complexity index is 2790. The summed E-state index contributed by atoms with van der Waals surface area (Å²) >= 11 is 0. The summed E-state index contributed by atoms with van der Waals surface area (Å²) in [7, 11) is 2.15. The van der Waals surface area contributed by atoms with Crippen LogP contribution < -0.4 is 9.13 Å². The quantitative estimate of drug-likeness (QED) is 0.121. The van der Waals surface area contributed by atoms with Crippen LogP contribution in [0.5, 0.6) is 0 Å². The highest BCUT2D eigenvalue weighted by molar-refractivity contribution is 6.09. The zero-order valence-electron chi connectivity index (χ0n) is 32.7. The number of hydrogen-bond acceptors (Lipinski definition) is 2. The fraction of sp³-hybridized carbons (Fsp3) is 0.196. The molecule has 5 heterocycles. The first-order chi connectivity index (χ1) is 26.7. The van der Waals surface area contributed by atoms with Gasteiger partial charge in [-0.25, -0.2) is 9.55 Å². The summed E-state index contributed by atoms with van der Waals surface area (Å²) in [4.78, 5) is 5.23. The van der Waals surface area contributed by atoms with Crippen molar-refractivity contribution in [3.63, 3.8) is 0 Å². The fourth-order valence-corrected chi connectivity index (χ4v) is 9.12. The number of nitrogens with zero attached hydrogens (tertiary/aromatic N) is 3. The highest BCUT2D eigenvalue weighted by Crippen LogP contribution is 2.43. The first kappa shape index (κ1) is 34.6. The second-order valence-corrected chi connectivity index (χ2v) is 15.6. The Labute approximate surface area is 324 Å². The summed E-state index contributed by atoms with van der Waals surface area (Å²) in [6, 6.07) is 39.9. The first-order valence-electron chi connectivity index (χ1n) is 19.4. The van der Waals surface area contributed by atoms with Gasteiger partial charge in [-0.3, -0.25) is 0 Å². The van der Waals surface area contributed by atoms with Crippen molar-refractivity contribution in [2.45, 2.75) is 59.4 Å². The number of rotatable bonds is 7. The zero-order chi connectivity index (χ0) is 38.0. The molecule has 1 aliphatic heterocycles. The molecule has 0 spiro atoms. The molecule has 270 valence electrons. The average Bonchev–Trinajstić information content (AvgIpc) is 3.56. The molecule has 0 radical (unpaired) electrons. The molecule has 4 heteroatoms. The summed E-state index contributed by atoms with van der Waals surface area (Å²) in [5.74, 6) is 0.197. The lowest BCUT2D eigenvalue weighted by Gasteiger charge is -2.29. The van der Waals surface area contributed by atoms with E-state index in [0.717, 1.165) is 51.7 Å². The van der Waals surface area contributed by atoms with Gasteiger partial charge in [0, 0.05) is 46.0 Å². The molecular weight excluding hydrogens is 671 g/mol. The van der Waals surface area contributed by atoms with E-state index in [1.807, 2.05) is 0 Å². The van der Waals surface area contributed by atoms with E-state index >= 15 is 0 Å². The Morgan fingerprint density at radius 1 is 0.691 bits per heavy atom. The van der Waals surface area contributed by atoms with E-state index in [1.54, 1.807) is 0 Å². The van der Waals surface area contributed by atoms with Gasteiger partial charge in [0.1, 0.15) is 7.05 Å². The van der Waals surface area contributed by atoms with E-state index in [9.17, 15) is 0 Å². The molecule has 2 atom stereocenters. The largest absolute Gasteiger partial charge is 0.437 e. The number of aryl methyl sites for hydroxylation is 7. The number of pyridine rings is 3. The van der Waals surface area contributed by atoms with E-state index < -0.39 is 0 Å². The number of fused-ring (bicyclic) bond motifs is 6. The molecule has 55 heavy (non-hydrogen) atoms. The summed E-state index contributed by atoms with van der Waals surface area (Å²) < 4.78 is 11.7. The Hall–Kier alpha value is -6.13. The Morgan fingerprint density at radius 2 is 1.44 bits per heavy atom. The maximum absolute atomic E-state index is 6.95. The SMILES string of the molecule is C=CC1c2ccccc2-c2ccc(C)c[n+]2C1CCc1ccc2c(oc3nc(-c4c(C)cc(-c5ccccc5)cc4C)ccc32)c1-c1cc(C)c(C)c[n+]1C. The van der Waals surface area contributed by atoms with Gasteiger partial charge in [-0.1, -0.05) is 78.9 Å². The maximum Gasteiger partial charge on any atom is 0.227 e. The zero-order valence-corrected chi connectivity index (χ0v) is 32.7. The van der Waals surface area contributed by atoms with E-state index in [2.05, 4.69) is 185 Å². The molecule has 0 aliphatic carbocycles. The predicted octanol–water partition coefficient (Wildman–Crippen LogP) is 11.8. The molecule has 1 aliphatic rings. The first-order valence-corrected chi connectivity index (χ1v) is 19.4. The van der Waals surface area contributed by atoms with E-state index in [1.165, 1.54) is 61.3 Å². The molecule has 0 N–H and O–H groups in total. The fourth-order valence-electron chi connectivity index (χ4n) is 9.12. The summed E-state index contributed by atoms with van der Waals surface area (Å²) in [6.45, 7) is 15.3. The standard InChI is InChI=1S/C51H47N3O/c1-8-39-40-16-12-13-17-41(40)46-24-18-31(2)29-54(46)45(39)25-20-37-19-21-42-43-22-23-44(48-33(4)26-38(27-34(48)5)36-14-10-9-11-15-36)52-51(43)55-50(42)49(37)47-28-32(3)35(6)30-53(47)7/h8-19,21-24,26-30,39,45H,1,20,25H2,2-7H3/q+2. The van der Waals surface area contributed by atoms with Gasteiger partial charge in [0.25, 0.3) is 0 Å². The Kier molecular flexibility index (Phi) is 8.57. The second-order valence-electron chi connectivity index (χ2n) is 15.6. The number of aromatic nitrogens is 3. The van der Waals surface area contributed by atoms with Crippen molar-refractivity contribution in [1.82, 2.24) is 4.98 Å². The minimum atomic E-state index is 0.197. The average molecular weight is 718 g/mol. The summed E-state index contributed by atoms with van der Waals surface area (Å²) in [5, 5.41) is 2.12. The van der Waals surface area contributed by atoms with Crippen LogP contribution in [0, 0.1) is 34.6 Å². The minimum absolute atomic E-state index is 0.197. The Morgan fingerprint density at radius 3 is 2.22 bits per heavy atom. The van der Waals surface area contributed by atoms with Crippen molar-refractivity contribution in [1.29, 1.82) is 0 Å². The third-order valence-electron chi connectivity index (χ3n) is 11.9. The molecule has 0 saturated carbocycles. The van der Waals surface area contributed by atoms with Gasteiger partial charge in [0.2, 0.25) is 17.1 Å². The molecule has 0 saturated heterocycles. The van der Waals surface area contributed by atoms with Crippen LogP contribution in [-0.4, -0.2) is 4.98 Å². The molecule has 0 bridgehead atoms. The van der Waals surface area contributed by atoms with Crippen LogP contribution in [0.3, 0.4) is 0 Å². The number of hydrogen-bond donors (Lipinski definition) is 0. The van der Waals surface area contributed by atoms with Crippen molar-refractivity contribution in [2.24, 2.45) is 7.05 Å². The van der Waals surface area contributed by atoms with Gasteiger partial charge in [-0.2, -0.15) is 4.57 Å². The monoisotopic (exact) mass is 717 g/mol. The highest BCUT2D eigenvalue weighted by atomic mass is 16.3. The molecular formula is C51H47N3O+2. The lowest BCUT2D eigenvalue weighted by Crippen LogP contribution is -2.47. The Balaban J connectivity index is 1.17. The lowest BCUT2D eigenvalue weighted by molar-refractivity contribution is -0.717. The van der Waals surface area contributed by atoms with E-state index in [4.69, 9.17) is 9.40 Å². The minimum Gasteiger partial charge on any atom is -0.437 e. The molecule has 4 aromatic heterocycles.